The molecule has 2 aromatic carbocycles. The van der Waals surface area contributed by atoms with Crippen molar-refractivity contribution in [3.63, 3.8) is 0 Å². The third-order valence-corrected chi connectivity index (χ3v) is 4.93. The topological polar surface area (TPSA) is 69.4 Å². The van der Waals surface area contributed by atoms with Crippen molar-refractivity contribution in [2.24, 2.45) is 0 Å². The van der Waals surface area contributed by atoms with Crippen LogP contribution < -0.4 is 10.2 Å². The molecule has 4 rings (SSSR count). The molecule has 29 heavy (non-hydrogen) atoms. The van der Waals surface area contributed by atoms with Gasteiger partial charge in [-0.3, -0.25) is 9.78 Å². The molecule has 0 aliphatic rings. The molecular weight excluding hydrogens is 458 g/mol. The summed E-state index contributed by atoms with van der Waals surface area (Å²) in [5.74, 6) is -0.754. The molecule has 0 radical (unpaired) electrons. The van der Waals surface area contributed by atoms with Gasteiger partial charge in [0.2, 0.25) is 11.2 Å². The molecule has 0 aliphatic carbocycles. The van der Waals surface area contributed by atoms with Gasteiger partial charge in [0.15, 0.2) is 5.76 Å². The first-order chi connectivity index (χ1) is 13.9. The normalized spacial score (nSPS) is 10.9. The van der Waals surface area contributed by atoms with Crippen LogP contribution in [0.25, 0.3) is 22.3 Å². The molecule has 0 bridgehead atoms. The fraction of sp³-hybridized carbons (Fsp3) is 0.0455. The first kappa shape index (κ1) is 19.4. The van der Waals surface area contributed by atoms with Crippen LogP contribution in [0.1, 0.15) is 15.9 Å². The number of ether oxygens (including phenoxy) is 1. The van der Waals surface area contributed by atoms with Crippen molar-refractivity contribution in [1.29, 1.82) is 0 Å². The molecule has 0 saturated heterocycles. The Labute approximate surface area is 179 Å². The molecule has 4 aromatic rings. The maximum absolute atomic E-state index is 13.2. The highest BCUT2D eigenvalue weighted by Crippen LogP contribution is 2.32. The average molecular weight is 471 g/mol. The Balaban J connectivity index is 1.91. The van der Waals surface area contributed by atoms with Crippen molar-refractivity contribution in [3.8, 4) is 17.1 Å². The maximum atomic E-state index is 13.2. The fourth-order valence-electron chi connectivity index (χ4n) is 2.81. The Kier molecular flexibility index (Phi) is 5.22. The minimum Gasteiger partial charge on any atom is -0.452 e. The summed E-state index contributed by atoms with van der Waals surface area (Å²) in [5.41, 5.74) is 1.71. The number of carbonyl (C=O) groups excluding carboxylic acids is 1. The lowest BCUT2D eigenvalue weighted by atomic mass is 10.1. The number of hydrogen-bond acceptors (Lipinski definition) is 5. The van der Waals surface area contributed by atoms with Crippen molar-refractivity contribution in [1.82, 2.24) is 4.98 Å². The summed E-state index contributed by atoms with van der Waals surface area (Å²) in [6, 6.07) is 13.6. The smallest absolute Gasteiger partial charge is 0.345 e. The number of nitrogens with zero attached hydrogens (tertiary/aromatic N) is 1. The summed E-state index contributed by atoms with van der Waals surface area (Å²) in [6.07, 6.45) is 2.90. The number of aromatic nitrogens is 1. The minimum atomic E-state index is -0.721. The van der Waals surface area contributed by atoms with E-state index in [2.05, 4.69) is 20.9 Å². The van der Waals surface area contributed by atoms with Crippen LogP contribution >= 0.6 is 27.5 Å². The number of esters is 1. The number of rotatable bonds is 3. The van der Waals surface area contributed by atoms with E-state index in [-0.39, 0.29) is 22.5 Å². The SMILES string of the molecule is Cc1ccc(-c2oc3ccc(Cl)cc3c(=O)c2OC(=O)c2cncc(Br)c2)cc1. The second-order valence-corrected chi connectivity index (χ2v) is 7.73. The summed E-state index contributed by atoms with van der Waals surface area (Å²) >= 11 is 9.30. The molecule has 0 atom stereocenters. The minimum absolute atomic E-state index is 0.168. The van der Waals surface area contributed by atoms with Gasteiger partial charge in [-0.15, -0.1) is 0 Å². The average Bonchev–Trinajstić information content (AvgIpc) is 2.71. The lowest BCUT2D eigenvalue weighted by molar-refractivity contribution is 0.0731. The number of benzene rings is 2. The molecule has 5 nitrogen and oxygen atoms in total. The third kappa shape index (κ3) is 3.95. The Morgan fingerprint density at radius 1 is 1.10 bits per heavy atom. The van der Waals surface area contributed by atoms with Gasteiger partial charge in [0.1, 0.15) is 5.58 Å². The van der Waals surface area contributed by atoms with Gasteiger partial charge in [-0.25, -0.2) is 4.79 Å². The van der Waals surface area contributed by atoms with Crippen LogP contribution in [0.2, 0.25) is 5.02 Å². The summed E-state index contributed by atoms with van der Waals surface area (Å²) in [6.45, 7) is 1.95. The highest BCUT2D eigenvalue weighted by molar-refractivity contribution is 9.10. The zero-order valence-corrected chi connectivity index (χ0v) is 17.5. The van der Waals surface area contributed by atoms with Gasteiger partial charge in [-0.2, -0.15) is 0 Å². The first-order valence-electron chi connectivity index (χ1n) is 8.58. The third-order valence-electron chi connectivity index (χ3n) is 4.26. The van der Waals surface area contributed by atoms with Crippen molar-refractivity contribution in [2.45, 2.75) is 6.92 Å². The van der Waals surface area contributed by atoms with E-state index >= 15 is 0 Å². The van der Waals surface area contributed by atoms with E-state index in [1.165, 1.54) is 12.3 Å². The van der Waals surface area contributed by atoms with E-state index < -0.39 is 11.4 Å². The van der Waals surface area contributed by atoms with Gasteiger partial charge in [0.25, 0.3) is 0 Å². The van der Waals surface area contributed by atoms with Crippen molar-refractivity contribution in [3.05, 3.63) is 91.8 Å². The zero-order valence-electron chi connectivity index (χ0n) is 15.1. The van der Waals surface area contributed by atoms with Crippen LogP contribution in [0.15, 0.2) is 74.6 Å². The van der Waals surface area contributed by atoms with E-state index in [9.17, 15) is 9.59 Å². The predicted molar refractivity (Wildman–Crippen MR) is 115 cm³/mol. The van der Waals surface area contributed by atoms with Gasteiger partial charge in [-0.1, -0.05) is 41.4 Å². The lowest BCUT2D eigenvalue weighted by Crippen LogP contribution is -2.16. The second kappa shape index (κ2) is 7.81. The number of halogens is 2. The van der Waals surface area contributed by atoms with E-state index in [1.807, 2.05) is 19.1 Å². The molecule has 0 amide bonds. The van der Waals surface area contributed by atoms with Crippen molar-refractivity contribution in [2.75, 3.05) is 0 Å². The number of fused-ring (bicyclic) bond motifs is 1. The molecule has 7 heteroatoms. The van der Waals surface area contributed by atoms with Gasteiger partial charge in [-0.05, 0) is 47.1 Å². The van der Waals surface area contributed by atoms with Crippen molar-refractivity contribution >= 4 is 44.5 Å². The predicted octanol–water partition coefficient (Wildman–Crippen LogP) is 5.80. The van der Waals surface area contributed by atoms with Crippen LogP contribution in [0.3, 0.4) is 0 Å². The molecule has 2 heterocycles. The highest BCUT2D eigenvalue weighted by Gasteiger charge is 2.22. The van der Waals surface area contributed by atoms with Gasteiger partial charge >= 0.3 is 5.97 Å². The van der Waals surface area contributed by atoms with Crippen LogP contribution in [0.4, 0.5) is 0 Å². The van der Waals surface area contributed by atoms with E-state index in [4.69, 9.17) is 20.8 Å². The Morgan fingerprint density at radius 3 is 2.59 bits per heavy atom. The highest BCUT2D eigenvalue weighted by atomic mass is 79.9. The van der Waals surface area contributed by atoms with Crippen LogP contribution in [0.5, 0.6) is 5.75 Å². The monoisotopic (exact) mass is 469 g/mol. The lowest BCUT2D eigenvalue weighted by Gasteiger charge is -2.11. The number of pyridine rings is 1. The van der Waals surface area contributed by atoms with Gasteiger partial charge in [0, 0.05) is 27.5 Å². The quantitative estimate of drug-likeness (QED) is 0.354. The van der Waals surface area contributed by atoms with Gasteiger partial charge < -0.3 is 9.15 Å². The van der Waals surface area contributed by atoms with Crippen LogP contribution in [0, 0.1) is 6.92 Å². The first-order valence-corrected chi connectivity index (χ1v) is 9.75. The summed E-state index contributed by atoms with van der Waals surface area (Å²) in [4.78, 5) is 29.8. The molecule has 0 unspecified atom stereocenters. The molecular formula is C22H13BrClNO4. The second-order valence-electron chi connectivity index (χ2n) is 6.38. The molecule has 0 saturated carbocycles. The van der Waals surface area contributed by atoms with Crippen LogP contribution in [-0.2, 0) is 0 Å². The van der Waals surface area contributed by atoms with Gasteiger partial charge in [0.05, 0.1) is 10.9 Å². The Hall–Kier alpha value is -2.96. The summed E-state index contributed by atoms with van der Waals surface area (Å²) in [7, 11) is 0. The molecule has 2 aromatic heterocycles. The standard InChI is InChI=1S/C22H13BrClNO4/c1-12-2-4-13(5-3-12)20-21(29-22(27)14-8-15(23)11-25-10-14)19(26)17-9-16(24)6-7-18(17)28-20/h2-11H,1H3. The van der Waals surface area contributed by atoms with E-state index in [0.29, 0.717) is 20.6 Å². The largest absolute Gasteiger partial charge is 0.452 e. The fourth-order valence-corrected chi connectivity index (χ4v) is 3.35. The molecule has 144 valence electrons. The summed E-state index contributed by atoms with van der Waals surface area (Å²) < 4.78 is 12.1. The summed E-state index contributed by atoms with van der Waals surface area (Å²) in [5, 5.41) is 0.602. The Bertz CT molecular complexity index is 1300. The number of aryl methyl sites for hydroxylation is 1. The Morgan fingerprint density at radius 2 is 1.86 bits per heavy atom. The maximum Gasteiger partial charge on any atom is 0.345 e. The number of carbonyl (C=O) groups is 1. The van der Waals surface area contributed by atoms with Crippen LogP contribution in [-0.4, -0.2) is 11.0 Å². The molecule has 0 N–H and O–H groups in total. The zero-order chi connectivity index (χ0) is 20.5. The molecule has 0 spiro atoms. The number of hydrogen-bond donors (Lipinski definition) is 0. The molecule has 0 fully saturated rings. The molecule has 0 aliphatic heterocycles. The van der Waals surface area contributed by atoms with E-state index in [0.717, 1.165) is 5.56 Å². The van der Waals surface area contributed by atoms with Crippen molar-refractivity contribution < 1.29 is 13.9 Å². The van der Waals surface area contributed by atoms with E-state index in [1.54, 1.807) is 36.5 Å².